The Labute approximate surface area is 190 Å². The van der Waals surface area contributed by atoms with Crippen molar-refractivity contribution < 1.29 is 4.74 Å². The lowest BCUT2D eigenvalue weighted by molar-refractivity contribution is 0.243. The summed E-state index contributed by atoms with van der Waals surface area (Å²) in [4.78, 5) is 26.5. The van der Waals surface area contributed by atoms with Crippen LogP contribution in [0.5, 0.6) is 5.75 Å². The molecule has 3 aromatic heterocycles. The molecule has 1 saturated heterocycles. The normalized spacial score (nSPS) is 14.5. The molecule has 0 unspecified atom stereocenters. The summed E-state index contributed by atoms with van der Waals surface area (Å²) in [5.41, 5.74) is 7.55. The molecular formula is C21H25N11O. The average Bonchev–Trinajstić information content (AvgIpc) is 3.21. The van der Waals surface area contributed by atoms with Gasteiger partial charge in [-0.2, -0.15) is 20.1 Å². The van der Waals surface area contributed by atoms with Crippen LogP contribution in [-0.2, 0) is 13.6 Å². The number of nitrogens with one attached hydrogen (secondary N) is 1. The summed E-state index contributed by atoms with van der Waals surface area (Å²) in [5.74, 6) is 2.80. The summed E-state index contributed by atoms with van der Waals surface area (Å²) < 4.78 is 7.14. The van der Waals surface area contributed by atoms with Crippen LogP contribution >= 0.6 is 0 Å². The molecular weight excluding hydrogens is 422 g/mol. The third-order valence-corrected chi connectivity index (χ3v) is 5.60. The third kappa shape index (κ3) is 4.32. The highest BCUT2D eigenvalue weighted by molar-refractivity contribution is 5.86. The van der Waals surface area contributed by atoms with Crippen LogP contribution in [0.2, 0.25) is 0 Å². The van der Waals surface area contributed by atoms with Gasteiger partial charge in [0.1, 0.15) is 23.7 Å². The molecule has 33 heavy (non-hydrogen) atoms. The zero-order valence-electron chi connectivity index (χ0n) is 18.5. The van der Waals surface area contributed by atoms with Crippen LogP contribution in [-0.4, -0.2) is 72.9 Å². The number of aryl methyl sites for hydroxylation is 1. The zero-order chi connectivity index (χ0) is 22.8. The highest BCUT2D eigenvalue weighted by Crippen LogP contribution is 2.26. The van der Waals surface area contributed by atoms with Crippen molar-refractivity contribution in [2.45, 2.75) is 6.54 Å². The number of para-hydroxylation sites is 2. The van der Waals surface area contributed by atoms with Gasteiger partial charge in [-0.1, -0.05) is 12.1 Å². The largest absolute Gasteiger partial charge is 0.495 e. The number of ether oxygens (including phenoxy) is 1. The van der Waals surface area contributed by atoms with Gasteiger partial charge in [-0.05, 0) is 12.1 Å². The fourth-order valence-corrected chi connectivity index (χ4v) is 3.95. The molecule has 1 aliphatic heterocycles. The Bertz CT molecular complexity index is 1270. The Morgan fingerprint density at radius 3 is 2.70 bits per heavy atom. The summed E-state index contributed by atoms with van der Waals surface area (Å²) in [6, 6.07) is 7.57. The van der Waals surface area contributed by atoms with Crippen LogP contribution in [0, 0.1) is 0 Å². The van der Waals surface area contributed by atoms with Crippen LogP contribution in [0.1, 0.15) is 5.82 Å². The molecule has 170 valence electrons. The van der Waals surface area contributed by atoms with Crippen molar-refractivity contribution >= 4 is 34.4 Å². The maximum atomic E-state index is 5.96. The summed E-state index contributed by atoms with van der Waals surface area (Å²) in [6.45, 7) is 3.91. The summed E-state index contributed by atoms with van der Waals surface area (Å²) >= 11 is 0. The predicted octanol–water partition coefficient (Wildman–Crippen LogP) is 1.20. The zero-order valence-corrected chi connectivity index (χ0v) is 18.5. The first-order chi connectivity index (χ1) is 16.1. The van der Waals surface area contributed by atoms with Crippen LogP contribution < -0.4 is 20.7 Å². The fraction of sp³-hybridized carbons (Fsp3) is 0.333. The van der Waals surface area contributed by atoms with Gasteiger partial charge in [-0.15, -0.1) is 0 Å². The molecule has 0 spiro atoms. The number of benzene rings is 1. The molecule has 0 radical (unpaired) electrons. The van der Waals surface area contributed by atoms with E-state index in [1.54, 1.807) is 18.1 Å². The van der Waals surface area contributed by atoms with E-state index in [2.05, 4.69) is 45.1 Å². The Morgan fingerprint density at radius 1 is 1.06 bits per heavy atom. The van der Waals surface area contributed by atoms with Crippen molar-refractivity contribution in [1.29, 1.82) is 0 Å². The number of aromatic nitrogens is 7. The van der Waals surface area contributed by atoms with Gasteiger partial charge in [0.05, 0.1) is 30.9 Å². The van der Waals surface area contributed by atoms with Crippen molar-refractivity contribution in [3.63, 3.8) is 0 Å². The van der Waals surface area contributed by atoms with Crippen molar-refractivity contribution in [3.8, 4) is 5.75 Å². The number of nitrogen functional groups attached to an aromatic ring is 1. The van der Waals surface area contributed by atoms with Crippen LogP contribution in [0.4, 0.5) is 23.4 Å². The first kappa shape index (κ1) is 20.8. The van der Waals surface area contributed by atoms with E-state index in [9.17, 15) is 0 Å². The van der Waals surface area contributed by atoms with Gasteiger partial charge in [0.2, 0.25) is 11.9 Å². The minimum Gasteiger partial charge on any atom is -0.495 e. The number of piperazine rings is 1. The lowest BCUT2D eigenvalue weighted by Gasteiger charge is -2.35. The number of nitrogens with two attached hydrogens (primary N) is 1. The van der Waals surface area contributed by atoms with Gasteiger partial charge in [0.15, 0.2) is 5.65 Å². The summed E-state index contributed by atoms with van der Waals surface area (Å²) in [5, 5.41) is 8.45. The first-order valence-electron chi connectivity index (χ1n) is 10.6. The number of hydrogen-bond acceptors (Lipinski definition) is 11. The second-order valence-corrected chi connectivity index (χ2v) is 7.72. The molecule has 4 aromatic rings. The number of anilines is 4. The first-order valence-corrected chi connectivity index (χ1v) is 10.6. The van der Waals surface area contributed by atoms with E-state index in [1.807, 2.05) is 37.5 Å². The van der Waals surface area contributed by atoms with E-state index in [4.69, 9.17) is 10.5 Å². The average molecular weight is 448 g/mol. The molecule has 12 heteroatoms. The number of rotatable bonds is 6. The van der Waals surface area contributed by atoms with Crippen LogP contribution in [0.3, 0.4) is 0 Å². The standard InChI is InChI=1S/C21H25N11O/c1-30-18-14(11-25-30)19(24-13-23-18)32-9-7-31(8-10-32)12-17-27-20(22)29-21(28-17)26-15-5-3-4-6-16(15)33-2/h3-6,11,13H,7-10,12H2,1-2H3,(H3,22,26,27,28,29). The summed E-state index contributed by atoms with van der Waals surface area (Å²) in [6.07, 6.45) is 3.41. The van der Waals surface area contributed by atoms with E-state index in [0.29, 0.717) is 24.1 Å². The maximum Gasteiger partial charge on any atom is 0.232 e. The topological polar surface area (TPSA) is 136 Å². The SMILES string of the molecule is COc1ccccc1Nc1nc(N)nc(CN2CCN(c3ncnc4c3cnn4C)CC2)n1. The van der Waals surface area contributed by atoms with Gasteiger partial charge in [0, 0.05) is 33.2 Å². The van der Waals surface area contributed by atoms with E-state index in [0.717, 1.165) is 48.7 Å². The highest BCUT2D eigenvalue weighted by atomic mass is 16.5. The smallest absolute Gasteiger partial charge is 0.232 e. The van der Waals surface area contributed by atoms with Crippen molar-refractivity contribution in [3.05, 3.63) is 42.6 Å². The second kappa shape index (κ2) is 8.82. The molecule has 1 aromatic carbocycles. The predicted molar refractivity (Wildman–Crippen MR) is 124 cm³/mol. The molecule has 0 atom stereocenters. The van der Waals surface area contributed by atoms with Crippen molar-refractivity contribution in [1.82, 2.24) is 39.6 Å². The quantitative estimate of drug-likeness (QED) is 0.441. The van der Waals surface area contributed by atoms with Crippen molar-refractivity contribution in [2.24, 2.45) is 7.05 Å². The van der Waals surface area contributed by atoms with Crippen molar-refractivity contribution in [2.75, 3.05) is 49.2 Å². The van der Waals surface area contributed by atoms with Gasteiger partial charge in [-0.3, -0.25) is 9.58 Å². The minimum atomic E-state index is 0.177. The molecule has 0 saturated carbocycles. The minimum absolute atomic E-state index is 0.177. The van der Waals surface area contributed by atoms with E-state index >= 15 is 0 Å². The van der Waals surface area contributed by atoms with Gasteiger partial charge in [0.25, 0.3) is 0 Å². The van der Waals surface area contributed by atoms with E-state index in [-0.39, 0.29) is 5.95 Å². The molecule has 0 amide bonds. The Kier molecular flexibility index (Phi) is 5.57. The monoisotopic (exact) mass is 447 g/mol. The molecule has 0 aliphatic carbocycles. The highest BCUT2D eigenvalue weighted by Gasteiger charge is 2.22. The third-order valence-electron chi connectivity index (χ3n) is 5.60. The van der Waals surface area contributed by atoms with Gasteiger partial charge < -0.3 is 20.7 Å². The number of methoxy groups -OCH3 is 1. The molecule has 3 N–H and O–H groups in total. The number of nitrogens with zero attached hydrogens (tertiary/aromatic N) is 9. The number of fused-ring (bicyclic) bond motifs is 1. The Balaban J connectivity index is 1.26. The maximum absolute atomic E-state index is 5.96. The molecule has 0 bridgehead atoms. The van der Waals surface area contributed by atoms with Crippen LogP contribution in [0.25, 0.3) is 11.0 Å². The summed E-state index contributed by atoms with van der Waals surface area (Å²) in [7, 11) is 3.50. The Hall–Kier alpha value is -4.06. The van der Waals surface area contributed by atoms with E-state index < -0.39 is 0 Å². The number of hydrogen-bond donors (Lipinski definition) is 2. The van der Waals surface area contributed by atoms with E-state index in [1.165, 1.54) is 0 Å². The lowest BCUT2D eigenvalue weighted by atomic mass is 10.2. The fourth-order valence-electron chi connectivity index (χ4n) is 3.95. The molecule has 12 nitrogen and oxygen atoms in total. The lowest BCUT2D eigenvalue weighted by Crippen LogP contribution is -2.46. The van der Waals surface area contributed by atoms with Crippen LogP contribution in [0.15, 0.2) is 36.8 Å². The second-order valence-electron chi connectivity index (χ2n) is 7.72. The Morgan fingerprint density at radius 2 is 1.88 bits per heavy atom. The van der Waals surface area contributed by atoms with Gasteiger partial charge in [-0.25, -0.2) is 9.97 Å². The molecule has 5 rings (SSSR count). The molecule has 1 fully saturated rings. The van der Waals surface area contributed by atoms with Gasteiger partial charge >= 0.3 is 0 Å². The molecule has 1 aliphatic rings. The molecule has 4 heterocycles.